The highest BCUT2D eigenvalue weighted by Gasteiger charge is 2.05. The fourth-order valence-electron chi connectivity index (χ4n) is 1.66. The number of rotatable bonds is 5. The first-order chi connectivity index (χ1) is 10.1. The van der Waals surface area contributed by atoms with Crippen molar-refractivity contribution in [2.24, 2.45) is 0 Å². The number of carbonyl (C=O) groups is 1. The van der Waals surface area contributed by atoms with Gasteiger partial charge in [0.1, 0.15) is 18.2 Å². The molecule has 0 unspecified atom stereocenters. The van der Waals surface area contributed by atoms with Gasteiger partial charge in [-0.2, -0.15) is 0 Å². The monoisotopic (exact) mass is 350 g/mol. The van der Waals surface area contributed by atoms with E-state index in [4.69, 9.17) is 9.84 Å². The van der Waals surface area contributed by atoms with Gasteiger partial charge >= 0.3 is 5.97 Å². The van der Waals surface area contributed by atoms with Crippen LogP contribution in [-0.4, -0.2) is 11.1 Å². The van der Waals surface area contributed by atoms with E-state index in [2.05, 4.69) is 15.9 Å². The smallest absolute Gasteiger partial charge is 0.328 e. The van der Waals surface area contributed by atoms with Crippen molar-refractivity contribution < 1.29 is 19.0 Å². The van der Waals surface area contributed by atoms with Gasteiger partial charge in [-0.1, -0.05) is 24.3 Å². The molecular weight excluding hydrogens is 339 g/mol. The number of hydrogen-bond acceptors (Lipinski definition) is 2. The molecule has 0 aromatic heterocycles. The molecule has 108 valence electrons. The van der Waals surface area contributed by atoms with Crippen molar-refractivity contribution in [1.82, 2.24) is 0 Å². The Balaban J connectivity index is 2.01. The summed E-state index contributed by atoms with van der Waals surface area (Å²) in [5.74, 6) is -0.699. The number of aliphatic carboxylic acids is 1. The van der Waals surface area contributed by atoms with Crippen LogP contribution in [0.25, 0.3) is 6.08 Å². The van der Waals surface area contributed by atoms with E-state index in [0.717, 1.165) is 11.6 Å². The lowest BCUT2D eigenvalue weighted by atomic mass is 10.2. The normalized spacial score (nSPS) is 10.8. The average molecular weight is 351 g/mol. The summed E-state index contributed by atoms with van der Waals surface area (Å²) in [4.78, 5) is 10.4. The molecule has 0 saturated heterocycles. The SMILES string of the molecule is O=C(O)/C=C/c1ccc(OCc2cccc(F)c2Br)cc1. The molecule has 2 aromatic carbocycles. The molecule has 2 aromatic rings. The first-order valence-corrected chi connectivity index (χ1v) is 6.92. The molecule has 0 aliphatic heterocycles. The van der Waals surface area contributed by atoms with Crippen LogP contribution in [0.4, 0.5) is 4.39 Å². The molecule has 0 aliphatic carbocycles. The van der Waals surface area contributed by atoms with Crippen molar-refractivity contribution >= 4 is 28.0 Å². The van der Waals surface area contributed by atoms with Crippen molar-refractivity contribution in [3.05, 3.63) is 70.0 Å². The van der Waals surface area contributed by atoms with E-state index < -0.39 is 5.97 Å². The van der Waals surface area contributed by atoms with E-state index in [1.165, 1.54) is 12.1 Å². The molecule has 2 rings (SSSR count). The van der Waals surface area contributed by atoms with Crippen LogP contribution in [0, 0.1) is 5.82 Å². The first kappa shape index (κ1) is 15.3. The number of carboxylic acid groups (broad SMARTS) is 1. The number of halogens is 2. The zero-order valence-corrected chi connectivity index (χ0v) is 12.5. The van der Waals surface area contributed by atoms with Crippen LogP contribution in [0.2, 0.25) is 0 Å². The van der Waals surface area contributed by atoms with Crippen LogP contribution < -0.4 is 4.74 Å². The number of benzene rings is 2. The summed E-state index contributed by atoms with van der Waals surface area (Å²) < 4.78 is 19.3. The maximum absolute atomic E-state index is 13.3. The maximum Gasteiger partial charge on any atom is 0.328 e. The molecule has 5 heteroatoms. The van der Waals surface area contributed by atoms with E-state index in [-0.39, 0.29) is 12.4 Å². The lowest BCUT2D eigenvalue weighted by Gasteiger charge is -2.08. The Morgan fingerprint density at radius 2 is 1.95 bits per heavy atom. The summed E-state index contributed by atoms with van der Waals surface area (Å²) in [7, 11) is 0. The molecule has 0 aliphatic rings. The van der Waals surface area contributed by atoms with Gasteiger partial charge in [-0.05, 0) is 45.8 Å². The predicted molar refractivity (Wildman–Crippen MR) is 81.5 cm³/mol. The molecule has 0 fully saturated rings. The Kier molecular flexibility index (Phi) is 5.11. The summed E-state index contributed by atoms with van der Waals surface area (Å²) in [5, 5.41) is 8.54. The molecule has 3 nitrogen and oxygen atoms in total. The van der Waals surface area contributed by atoms with Crippen molar-refractivity contribution in [3.63, 3.8) is 0 Å². The highest BCUT2D eigenvalue weighted by atomic mass is 79.9. The van der Waals surface area contributed by atoms with Gasteiger partial charge in [-0.3, -0.25) is 0 Å². The van der Waals surface area contributed by atoms with E-state index in [1.807, 2.05) is 0 Å². The number of carboxylic acids is 1. The number of hydrogen-bond donors (Lipinski definition) is 1. The fraction of sp³-hybridized carbons (Fsp3) is 0.0625. The molecule has 0 bridgehead atoms. The van der Waals surface area contributed by atoms with Crippen LogP contribution in [-0.2, 0) is 11.4 Å². The van der Waals surface area contributed by atoms with Crippen molar-refractivity contribution in [3.8, 4) is 5.75 Å². The summed E-state index contributed by atoms with van der Waals surface area (Å²) in [5.41, 5.74) is 1.47. The fourth-order valence-corrected chi connectivity index (χ4v) is 2.04. The first-order valence-electron chi connectivity index (χ1n) is 6.13. The Bertz CT molecular complexity index is 666. The van der Waals surface area contributed by atoms with Crippen LogP contribution >= 0.6 is 15.9 Å². The van der Waals surface area contributed by atoms with Crippen LogP contribution in [0.5, 0.6) is 5.75 Å². The Hall–Kier alpha value is -2.14. The van der Waals surface area contributed by atoms with Gasteiger partial charge in [-0.25, -0.2) is 9.18 Å². The summed E-state index contributed by atoms with van der Waals surface area (Å²) >= 11 is 3.18. The summed E-state index contributed by atoms with van der Waals surface area (Å²) in [6, 6.07) is 11.7. The number of ether oxygens (including phenoxy) is 1. The molecule has 0 saturated carbocycles. The lowest BCUT2D eigenvalue weighted by molar-refractivity contribution is -0.131. The molecule has 1 N–H and O–H groups in total. The second-order valence-corrected chi connectivity index (χ2v) is 5.04. The van der Waals surface area contributed by atoms with E-state index in [1.54, 1.807) is 36.4 Å². The van der Waals surface area contributed by atoms with Gasteiger partial charge in [0, 0.05) is 11.6 Å². The van der Waals surface area contributed by atoms with Crippen LogP contribution in [0.3, 0.4) is 0 Å². The minimum Gasteiger partial charge on any atom is -0.489 e. The average Bonchev–Trinajstić information content (AvgIpc) is 2.48. The summed E-state index contributed by atoms with van der Waals surface area (Å²) in [6.07, 6.45) is 2.56. The maximum atomic E-state index is 13.3. The third-order valence-electron chi connectivity index (χ3n) is 2.72. The van der Waals surface area contributed by atoms with Gasteiger partial charge in [0.25, 0.3) is 0 Å². The topological polar surface area (TPSA) is 46.5 Å². The van der Waals surface area contributed by atoms with E-state index in [0.29, 0.717) is 15.8 Å². The molecular formula is C16H12BrFO3. The second-order valence-electron chi connectivity index (χ2n) is 4.24. The molecule has 0 atom stereocenters. The van der Waals surface area contributed by atoms with Gasteiger partial charge < -0.3 is 9.84 Å². The molecule has 0 heterocycles. The molecule has 21 heavy (non-hydrogen) atoms. The van der Waals surface area contributed by atoms with Gasteiger partial charge in [-0.15, -0.1) is 0 Å². The van der Waals surface area contributed by atoms with E-state index in [9.17, 15) is 9.18 Å². The highest BCUT2D eigenvalue weighted by molar-refractivity contribution is 9.10. The Labute approximate surface area is 129 Å². The zero-order chi connectivity index (χ0) is 15.2. The molecule has 0 radical (unpaired) electrons. The summed E-state index contributed by atoms with van der Waals surface area (Å²) in [6.45, 7) is 0.239. The van der Waals surface area contributed by atoms with Gasteiger partial charge in [0.2, 0.25) is 0 Å². The molecule has 0 amide bonds. The van der Waals surface area contributed by atoms with Crippen LogP contribution in [0.1, 0.15) is 11.1 Å². The third-order valence-corrected chi connectivity index (χ3v) is 3.61. The highest BCUT2D eigenvalue weighted by Crippen LogP contribution is 2.22. The predicted octanol–water partition coefficient (Wildman–Crippen LogP) is 4.27. The van der Waals surface area contributed by atoms with Crippen molar-refractivity contribution in [1.29, 1.82) is 0 Å². The van der Waals surface area contributed by atoms with Gasteiger partial charge in [0.05, 0.1) is 4.47 Å². The molecule has 0 spiro atoms. The zero-order valence-electron chi connectivity index (χ0n) is 10.9. The Morgan fingerprint density at radius 3 is 2.62 bits per heavy atom. The third kappa shape index (κ3) is 4.43. The quantitative estimate of drug-likeness (QED) is 0.819. The standard InChI is InChI=1S/C16H12BrFO3/c17-16-12(2-1-3-14(16)18)10-21-13-7-4-11(5-8-13)6-9-15(19)20/h1-9H,10H2,(H,19,20)/b9-6+. The minimum absolute atomic E-state index is 0.239. The second kappa shape index (κ2) is 7.04. The van der Waals surface area contributed by atoms with Crippen molar-refractivity contribution in [2.45, 2.75) is 6.61 Å². The van der Waals surface area contributed by atoms with Crippen molar-refractivity contribution in [2.75, 3.05) is 0 Å². The van der Waals surface area contributed by atoms with E-state index >= 15 is 0 Å². The largest absolute Gasteiger partial charge is 0.489 e. The van der Waals surface area contributed by atoms with Gasteiger partial charge in [0.15, 0.2) is 0 Å². The Morgan fingerprint density at radius 1 is 1.24 bits per heavy atom. The lowest BCUT2D eigenvalue weighted by Crippen LogP contribution is -1.97. The minimum atomic E-state index is -0.994. The van der Waals surface area contributed by atoms with Crippen LogP contribution in [0.15, 0.2) is 53.0 Å².